The minimum absolute atomic E-state index is 0.620. The van der Waals surface area contributed by atoms with Crippen molar-refractivity contribution < 1.29 is 9.47 Å². The number of rotatable bonds is 5. The number of ether oxygens (including phenoxy) is 2. The molecule has 0 fully saturated rings. The van der Waals surface area contributed by atoms with E-state index in [-0.39, 0.29) is 0 Å². The van der Waals surface area contributed by atoms with Crippen molar-refractivity contribution >= 4 is 15.9 Å². The summed E-state index contributed by atoms with van der Waals surface area (Å²) in [6.45, 7) is 3.20. The Morgan fingerprint density at radius 1 is 1.40 bits per heavy atom. The molecule has 0 bridgehead atoms. The first-order chi connectivity index (χ1) is 7.22. The SMILES string of the molecule is CCOc1cc(CCN)cc(Br)c1OC. The van der Waals surface area contributed by atoms with Crippen LogP contribution in [0.4, 0.5) is 0 Å². The Hall–Kier alpha value is -0.740. The Balaban J connectivity index is 3.07. The number of benzene rings is 1. The molecular weight excluding hydrogens is 258 g/mol. The molecule has 4 heteroatoms. The predicted molar refractivity (Wildman–Crippen MR) is 64.6 cm³/mol. The van der Waals surface area contributed by atoms with Crippen LogP contribution in [-0.2, 0) is 6.42 Å². The number of methoxy groups -OCH3 is 1. The molecular formula is C11H16BrNO2. The molecule has 0 saturated heterocycles. The van der Waals surface area contributed by atoms with Crippen LogP contribution in [0.3, 0.4) is 0 Å². The van der Waals surface area contributed by atoms with Crippen molar-refractivity contribution in [2.45, 2.75) is 13.3 Å². The summed E-state index contributed by atoms with van der Waals surface area (Å²) in [6, 6.07) is 3.98. The summed E-state index contributed by atoms with van der Waals surface area (Å²) >= 11 is 3.45. The molecule has 0 aliphatic heterocycles. The van der Waals surface area contributed by atoms with Crippen LogP contribution in [0.15, 0.2) is 16.6 Å². The van der Waals surface area contributed by atoms with Crippen molar-refractivity contribution in [3.63, 3.8) is 0 Å². The smallest absolute Gasteiger partial charge is 0.174 e. The van der Waals surface area contributed by atoms with Gasteiger partial charge in [0, 0.05) is 0 Å². The lowest BCUT2D eigenvalue weighted by molar-refractivity contribution is 0.309. The van der Waals surface area contributed by atoms with Crippen molar-refractivity contribution in [3.05, 3.63) is 22.2 Å². The third-order valence-corrected chi connectivity index (χ3v) is 2.60. The number of nitrogens with two attached hydrogens (primary N) is 1. The highest BCUT2D eigenvalue weighted by atomic mass is 79.9. The van der Waals surface area contributed by atoms with Gasteiger partial charge in [-0.2, -0.15) is 0 Å². The zero-order chi connectivity index (χ0) is 11.3. The van der Waals surface area contributed by atoms with E-state index >= 15 is 0 Å². The minimum atomic E-state index is 0.620. The molecule has 1 aromatic rings. The Labute approximate surface area is 98.7 Å². The maximum atomic E-state index is 5.52. The van der Waals surface area contributed by atoms with E-state index < -0.39 is 0 Å². The lowest BCUT2D eigenvalue weighted by Crippen LogP contribution is -2.04. The fourth-order valence-corrected chi connectivity index (χ4v) is 2.04. The van der Waals surface area contributed by atoms with Crippen molar-refractivity contribution in [2.75, 3.05) is 20.3 Å². The minimum Gasteiger partial charge on any atom is -0.492 e. The van der Waals surface area contributed by atoms with E-state index in [4.69, 9.17) is 15.2 Å². The number of hydrogen-bond donors (Lipinski definition) is 1. The van der Waals surface area contributed by atoms with Crippen molar-refractivity contribution in [1.29, 1.82) is 0 Å². The summed E-state index contributed by atoms with van der Waals surface area (Å²) in [4.78, 5) is 0. The van der Waals surface area contributed by atoms with Crippen molar-refractivity contribution in [2.24, 2.45) is 5.73 Å². The van der Waals surface area contributed by atoms with Crippen LogP contribution in [0.25, 0.3) is 0 Å². The largest absolute Gasteiger partial charge is 0.492 e. The van der Waals surface area contributed by atoms with Gasteiger partial charge in [0.05, 0.1) is 18.2 Å². The fraction of sp³-hybridized carbons (Fsp3) is 0.455. The second-order valence-electron chi connectivity index (χ2n) is 3.08. The van der Waals surface area contributed by atoms with Gasteiger partial charge in [0.2, 0.25) is 0 Å². The monoisotopic (exact) mass is 273 g/mol. The molecule has 0 aliphatic carbocycles. The lowest BCUT2D eigenvalue weighted by atomic mass is 10.1. The van der Waals surface area contributed by atoms with E-state index in [0.717, 1.165) is 28.0 Å². The summed E-state index contributed by atoms with van der Waals surface area (Å²) < 4.78 is 11.7. The van der Waals surface area contributed by atoms with Gasteiger partial charge in [-0.05, 0) is 53.5 Å². The van der Waals surface area contributed by atoms with E-state index in [1.165, 1.54) is 0 Å². The molecule has 1 rings (SSSR count). The fourth-order valence-electron chi connectivity index (χ4n) is 1.39. The zero-order valence-electron chi connectivity index (χ0n) is 9.05. The third kappa shape index (κ3) is 3.11. The molecule has 2 N–H and O–H groups in total. The van der Waals surface area contributed by atoms with Crippen LogP contribution < -0.4 is 15.2 Å². The Morgan fingerprint density at radius 3 is 2.67 bits per heavy atom. The molecule has 84 valence electrons. The van der Waals surface area contributed by atoms with Crippen molar-refractivity contribution in [1.82, 2.24) is 0 Å². The first-order valence-electron chi connectivity index (χ1n) is 4.92. The average molecular weight is 274 g/mol. The van der Waals surface area contributed by atoms with Gasteiger partial charge in [-0.15, -0.1) is 0 Å². The molecule has 3 nitrogen and oxygen atoms in total. The van der Waals surface area contributed by atoms with Gasteiger partial charge < -0.3 is 15.2 Å². The molecule has 0 aliphatic rings. The Bertz CT molecular complexity index is 329. The molecule has 0 amide bonds. The topological polar surface area (TPSA) is 44.5 Å². The van der Waals surface area contributed by atoms with Crippen molar-refractivity contribution in [3.8, 4) is 11.5 Å². The average Bonchev–Trinajstić information content (AvgIpc) is 2.18. The highest BCUT2D eigenvalue weighted by Gasteiger charge is 2.10. The van der Waals surface area contributed by atoms with Crippen LogP contribution in [0, 0.1) is 0 Å². The van der Waals surface area contributed by atoms with Gasteiger partial charge in [-0.3, -0.25) is 0 Å². The van der Waals surface area contributed by atoms with Crippen LogP contribution in [-0.4, -0.2) is 20.3 Å². The molecule has 0 spiro atoms. The van der Waals surface area contributed by atoms with E-state index in [1.807, 2.05) is 19.1 Å². The molecule has 1 aromatic carbocycles. The summed E-state index contributed by atoms with van der Waals surface area (Å²) in [5.74, 6) is 1.50. The van der Waals surface area contributed by atoms with Gasteiger partial charge in [0.15, 0.2) is 11.5 Å². The second-order valence-corrected chi connectivity index (χ2v) is 3.94. The molecule has 0 atom stereocenters. The first kappa shape index (κ1) is 12.3. The van der Waals surface area contributed by atoms with Gasteiger partial charge in [0.1, 0.15) is 0 Å². The molecule has 0 heterocycles. The molecule has 0 aromatic heterocycles. The second kappa shape index (κ2) is 5.98. The van der Waals surface area contributed by atoms with E-state index in [0.29, 0.717) is 13.2 Å². The highest BCUT2D eigenvalue weighted by molar-refractivity contribution is 9.10. The highest BCUT2D eigenvalue weighted by Crippen LogP contribution is 2.36. The van der Waals surface area contributed by atoms with Gasteiger partial charge in [0.25, 0.3) is 0 Å². The van der Waals surface area contributed by atoms with Crippen LogP contribution in [0.1, 0.15) is 12.5 Å². The van der Waals surface area contributed by atoms with E-state index in [2.05, 4.69) is 15.9 Å². The van der Waals surface area contributed by atoms with E-state index in [1.54, 1.807) is 7.11 Å². The predicted octanol–water partition coefficient (Wildman–Crippen LogP) is 2.36. The van der Waals surface area contributed by atoms with E-state index in [9.17, 15) is 0 Å². The van der Waals surface area contributed by atoms with Crippen LogP contribution in [0.2, 0.25) is 0 Å². The standard InChI is InChI=1S/C11H16BrNO2/c1-3-15-10-7-8(4-5-13)6-9(12)11(10)14-2/h6-7H,3-5,13H2,1-2H3. The summed E-state index contributed by atoms with van der Waals surface area (Å²) in [5.41, 5.74) is 6.66. The number of hydrogen-bond acceptors (Lipinski definition) is 3. The zero-order valence-corrected chi connectivity index (χ0v) is 10.6. The summed E-state index contributed by atoms with van der Waals surface area (Å²) in [6.07, 6.45) is 0.836. The third-order valence-electron chi connectivity index (χ3n) is 2.01. The van der Waals surface area contributed by atoms with Gasteiger partial charge >= 0.3 is 0 Å². The van der Waals surface area contributed by atoms with Gasteiger partial charge in [-0.25, -0.2) is 0 Å². The maximum absolute atomic E-state index is 5.52. The summed E-state index contributed by atoms with van der Waals surface area (Å²) in [5, 5.41) is 0. The summed E-state index contributed by atoms with van der Waals surface area (Å²) in [7, 11) is 1.63. The quantitative estimate of drug-likeness (QED) is 0.896. The molecule has 0 saturated carbocycles. The Kier molecular flexibility index (Phi) is 4.91. The Morgan fingerprint density at radius 2 is 2.13 bits per heavy atom. The maximum Gasteiger partial charge on any atom is 0.174 e. The first-order valence-corrected chi connectivity index (χ1v) is 5.71. The van der Waals surface area contributed by atoms with Gasteiger partial charge in [-0.1, -0.05) is 0 Å². The molecule has 0 unspecified atom stereocenters. The molecule has 15 heavy (non-hydrogen) atoms. The molecule has 0 radical (unpaired) electrons. The normalized spacial score (nSPS) is 10.1. The lowest BCUT2D eigenvalue weighted by Gasteiger charge is -2.12. The number of halogens is 1. The van der Waals surface area contributed by atoms with Crippen LogP contribution >= 0.6 is 15.9 Å². The van der Waals surface area contributed by atoms with Crippen LogP contribution in [0.5, 0.6) is 11.5 Å².